The van der Waals surface area contributed by atoms with Crippen molar-refractivity contribution in [1.82, 2.24) is 15.2 Å². The summed E-state index contributed by atoms with van der Waals surface area (Å²) >= 11 is 0. The van der Waals surface area contributed by atoms with E-state index in [2.05, 4.69) is 44.5 Å². The minimum absolute atomic E-state index is 0.0149. The second kappa shape index (κ2) is 9.94. The summed E-state index contributed by atoms with van der Waals surface area (Å²) < 4.78 is 5.65. The van der Waals surface area contributed by atoms with E-state index >= 15 is 0 Å². The first-order chi connectivity index (χ1) is 16.9. The van der Waals surface area contributed by atoms with Gasteiger partial charge in [0.05, 0.1) is 6.61 Å². The molecule has 0 atom stereocenters. The maximum Gasteiger partial charge on any atom is 0.251 e. The van der Waals surface area contributed by atoms with Gasteiger partial charge in [-0.3, -0.25) is 9.69 Å². The van der Waals surface area contributed by atoms with Gasteiger partial charge in [-0.2, -0.15) is 0 Å². The lowest BCUT2D eigenvalue weighted by molar-refractivity contribution is 0.0919. The van der Waals surface area contributed by atoms with E-state index in [9.17, 15) is 4.79 Å². The maximum absolute atomic E-state index is 12.6. The highest BCUT2D eigenvalue weighted by molar-refractivity contribution is 5.99. The third-order valence-corrected chi connectivity index (χ3v) is 7.10. The summed E-state index contributed by atoms with van der Waals surface area (Å²) in [5, 5.41) is 4.23. The lowest BCUT2D eigenvalue weighted by Crippen LogP contribution is -2.46. The number of H-pyrrole nitrogens is 1. The number of ether oxygens (including phenoxy) is 1. The van der Waals surface area contributed by atoms with E-state index in [1.807, 2.05) is 39.0 Å². The van der Waals surface area contributed by atoms with Crippen molar-refractivity contribution < 1.29 is 9.53 Å². The van der Waals surface area contributed by atoms with Gasteiger partial charge in [0.2, 0.25) is 0 Å². The van der Waals surface area contributed by atoms with E-state index < -0.39 is 0 Å². The van der Waals surface area contributed by atoms with E-state index in [4.69, 9.17) is 4.74 Å². The molecule has 1 aromatic heterocycles. The number of amides is 1. The van der Waals surface area contributed by atoms with Gasteiger partial charge in [-0.1, -0.05) is 0 Å². The highest BCUT2D eigenvalue weighted by Crippen LogP contribution is 2.30. The second-order valence-electron chi connectivity index (χ2n) is 11.0. The Morgan fingerprint density at radius 2 is 1.89 bits per heavy atom. The molecule has 0 bridgehead atoms. The summed E-state index contributed by atoms with van der Waals surface area (Å²) in [6.07, 6.45) is 6.51. The second-order valence-corrected chi connectivity index (χ2v) is 11.0. The van der Waals surface area contributed by atoms with Crippen molar-refractivity contribution in [2.24, 2.45) is 0 Å². The fourth-order valence-corrected chi connectivity index (χ4v) is 5.19. The number of carbonyl (C=O) groups is 1. The molecule has 0 unspecified atom stereocenters. The zero-order valence-electron chi connectivity index (χ0n) is 21.3. The molecule has 0 aliphatic carbocycles. The van der Waals surface area contributed by atoms with Crippen LogP contribution in [-0.4, -0.2) is 60.7 Å². The Balaban J connectivity index is 1.09. The van der Waals surface area contributed by atoms with Crippen molar-refractivity contribution in [3.63, 3.8) is 0 Å². The van der Waals surface area contributed by atoms with Gasteiger partial charge in [-0.05, 0) is 94.1 Å². The minimum atomic E-state index is -0.242. The molecule has 2 aromatic carbocycles. The van der Waals surface area contributed by atoms with Gasteiger partial charge in [0, 0.05) is 66.5 Å². The van der Waals surface area contributed by atoms with Crippen molar-refractivity contribution in [3.8, 4) is 5.75 Å². The van der Waals surface area contributed by atoms with Crippen molar-refractivity contribution in [3.05, 3.63) is 59.3 Å². The number of hydrogen-bond donors (Lipinski definition) is 2. The van der Waals surface area contributed by atoms with Crippen LogP contribution in [0.3, 0.4) is 0 Å². The van der Waals surface area contributed by atoms with E-state index in [-0.39, 0.29) is 11.4 Å². The number of hydrogen-bond acceptors (Lipinski definition) is 4. The first-order valence-electron chi connectivity index (χ1n) is 13.0. The molecule has 0 spiro atoms. The highest BCUT2D eigenvalue weighted by Gasteiger charge is 2.20. The smallest absolute Gasteiger partial charge is 0.251 e. The largest absolute Gasteiger partial charge is 0.493 e. The zero-order valence-corrected chi connectivity index (χ0v) is 21.3. The minimum Gasteiger partial charge on any atom is -0.493 e. The molecule has 0 radical (unpaired) electrons. The van der Waals surface area contributed by atoms with Crippen LogP contribution in [0.1, 0.15) is 55.1 Å². The summed E-state index contributed by atoms with van der Waals surface area (Å²) in [5.74, 6) is 1.05. The van der Waals surface area contributed by atoms with Gasteiger partial charge in [0.1, 0.15) is 5.75 Å². The molecule has 1 saturated heterocycles. The Morgan fingerprint density at radius 3 is 2.69 bits per heavy atom. The average molecular weight is 475 g/mol. The van der Waals surface area contributed by atoms with Crippen molar-refractivity contribution in [2.75, 3.05) is 44.2 Å². The van der Waals surface area contributed by atoms with Crippen LogP contribution >= 0.6 is 0 Å². The van der Waals surface area contributed by atoms with Gasteiger partial charge >= 0.3 is 0 Å². The molecule has 3 heterocycles. The van der Waals surface area contributed by atoms with Gasteiger partial charge in [-0.25, -0.2) is 0 Å². The monoisotopic (exact) mass is 474 g/mol. The Labute approximate surface area is 208 Å². The first-order valence-corrected chi connectivity index (χ1v) is 13.0. The standard InChI is InChI=1S/C29H38N4O2/c1-29(2,3)31-28(34)22-7-9-26-25(19-22)23(20-30-26)6-4-5-12-32-13-15-33(16-14-32)24-8-10-27-21(18-24)11-17-35-27/h7-10,18-20,30H,4-6,11-17H2,1-3H3,(H,31,34). The third-order valence-electron chi connectivity index (χ3n) is 7.10. The molecular formula is C29H38N4O2. The van der Waals surface area contributed by atoms with Crippen LogP contribution in [0.4, 0.5) is 5.69 Å². The average Bonchev–Trinajstić information content (AvgIpc) is 3.47. The lowest BCUT2D eigenvalue weighted by Gasteiger charge is -2.36. The molecule has 1 fully saturated rings. The zero-order chi connectivity index (χ0) is 24.4. The topological polar surface area (TPSA) is 60.6 Å². The number of benzene rings is 2. The van der Waals surface area contributed by atoms with E-state index in [0.717, 1.165) is 75.4 Å². The number of carbonyl (C=O) groups excluding carboxylic acids is 1. The molecule has 2 aliphatic rings. The van der Waals surface area contributed by atoms with Crippen LogP contribution in [0.25, 0.3) is 10.9 Å². The molecule has 1 amide bonds. The van der Waals surface area contributed by atoms with E-state index in [1.165, 1.54) is 28.6 Å². The number of anilines is 1. The number of aromatic amines is 1. The molecule has 2 aliphatic heterocycles. The van der Waals surface area contributed by atoms with Gasteiger partial charge < -0.3 is 19.9 Å². The summed E-state index contributed by atoms with van der Waals surface area (Å²) in [5.41, 5.74) is 5.57. The number of aryl methyl sites for hydroxylation is 1. The van der Waals surface area contributed by atoms with Crippen LogP contribution in [0.15, 0.2) is 42.6 Å². The fraction of sp³-hybridized carbons (Fsp3) is 0.483. The molecule has 5 rings (SSSR count). The molecular weight excluding hydrogens is 436 g/mol. The van der Waals surface area contributed by atoms with E-state index in [0.29, 0.717) is 0 Å². The Morgan fingerprint density at radius 1 is 1.06 bits per heavy atom. The summed E-state index contributed by atoms with van der Waals surface area (Å²) in [6.45, 7) is 12.4. The van der Waals surface area contributed by atoms with Crippen molar-refractivity contribution in [2.45, 2.75) is 52.0 Å². The lowest BCUT2D eigenvalue weighted by atomic mass is 10.0. The number of nitrogens with one attached hydrogen (secondary N) is 2. The fourth-order valence-electron chi connectivity index (χ4n) is 5.19. The number of piperazine rings is 1. The predicted molar refractivity (Wildman–Crippen MR) is 143 cm³/mol. The highest BCUT2D eigenvalue weighted by atomic mass is 16.5. The maximum atomic E-state index is 12.6. The first kappa shape index (κ1) is 23.7. The van der Waals surface area contributed by atoms with Crippen LogP contribution in [0.2, 0.25) is 0 Å². The molecule has 3 aromatic rings. The Kier molecular flexibility index (Phi) is 6.74. The third kappa shape index (κ3) is 5.64. The van der Waals surface area contributed by atoms with Crippen molar-refractivity contribution >= 4 is 22.5 Å². The molecule has 35 heavy (non-hydrogen) atoms. The van der Waals surface area contributed by atoms with Crippen molar-refractivity contribution in [1.29, 1.82) is 0 Å². The summed E-state index contributed by atoms with van der Waals surface area (Å²) in [6, 6.07) is 12.6. The quantitative estimate of drug-likeness (QED) is 0.484. The Bertz CT molecular complexity index is 1190. The molecule has 186 valence electrons. The number of unbranched alkanes of at least 4 members (excludes halogenated alkanes) is 1. The van der Waals surface area contributed by atoms with Crippen LogP contribution in [0.5, 0.6) is 5.75 Å². The number of aromatic nitrogens is 1. The van der Waals surface area contributed by atoms with E-state index in [1.54, 1.807) is 0 Å². The summed E-state index contributed by atoms with van der Waals surface area (Å²) in [7, 11) is 0. The number of fused-ring (bicyclic) bond motifs is 2. The summed E-state index contributed by atoms with van der Waals surface area (Å²) in [4.78, 5) is 21.1. The van der Waals surface area contributed by atoms with Crippen LogP contribution in [-0.2, 0) is 12.8 Å². The Hall–Kier alpha value is -2.99. The predicted octanol–water partition coefficient (Wildman–Crippen LogP) is 4.78. The molecule has 6 heteroatoms. The van der Waals surface area contributed by atoms with Gasteiger partial charge in [0.25, 0.3) is 5.91 Å². The molecule has 2 N–H and O–H groups in total. The SMILES string of the molecule is CC(C)(C)NC(=O)c1ccc2[nH]cc(CCCCN3CCN(c4ccc5c(c4)CCO5)CC3)c2c1. The van der Waals surface area contributed by atoms with Gasteiger partial charge in [0.15, 0.2) is 0 Å². The molecule has 0 saturated carbocycles. The number of rotatable bonds is 7. The molecule has 6 nitrogen and oxygen atoms in total. The normalized spacial score (nSPS) is 16.4. The number of nitrogens with zero attached hydrogens (tertiary/aromatic N) is 2. The van der Waals surface area contributed by atoms with Crippen LogP contribution < -0.4 is 15.0 Å². The van der Waals surface area contributed by atoms with Crippen LogP contribution in [0, 0.1) is 0 Å². The van der Waals surface area contributed by atoms with Gasteiger partial charge in [-0.15, -0.1) is 0 Å².